The van der Waals surface area contributed by atoms with Crippen LogP contribution in [-0.2, 0) is 0 Å². The smallest absolute Gasteiger partial charge is 0.123 e. The third-order valence-corrected chi connectivity index (χ3v) is 2.95. The molecule has 82 valence electrons. The van der Waals surface area contributed by atoms with Crippen LogP contribution in [0.15, 0.2) is 23.4 Å². The van der Waals surface area contributed by atoms with E-state index in [0.29, 0.717) is 18.6 Å². The molecule has 0 saturated carbocycles. The van der Waals surface area contributed by atoms with E-state index < -0.39 is 0 Å². The van der Waals surface area contributed by atoms with Gasteiger partial charge in [0, 0.05) is 12.0 Å². The summed E-state index contributed by atoms with van der Waals surface area (Å²) in [6.45, 7) is 0. The van der Waals surface area contributed by atoms with Crippen molar-refractivity contribution in [3.05, 3.63) is 35.1 Å². The van der Waals surface area contributed by atoms with Crippen LogP contribution in [-0.4, -0.2) is 10.9 Å². The molecule has 1 N–H and O–H groups in total. The fourth-order valence-electron chi connectivity index (χ4n) is 2.16. The maximum absolute atomic E-state index is 13.2. The SMILES string of the molecule is N#CCC1CCC(=NO)c2ccc(F)cc21. The van der Waals surface area contributed by atoms with E-state index in [1.807, 2.05) is 0 Å². The summed E-state index contributed by atoms with van der Waals surface area (Å²) in [6, 6.07) is 6.50. The summed E-state index contributed by atoms with van der Waals surface area (Å²) in [6.07, 6.45) is 1.72. The van der Waals surface area contributed by atoms with E-state index in [9.17, 15) is 4.39 Å². The standard InChI is InChI=1S/C12H11FN2O/c13-9-2-3-10-11(7-9)8(5-6-14)1-4-12(10)15-16/h2-3,7-8,16H,1,4-5H2. The summed E-state index contributed by atoms with van der Waals surface area (Å²) in [5.41, 5.74) is 2.11. The van der Waals surface area contributed by atoms with Crippen molar-refractivity contribution in [2.45, 2.75) is 25.2 Å². The molecule has 1 aliphatic rings. The van der Waals surface area contributed by atoms with Crippen molar-refractivity contribution >= 4 is 5.71 Å². The number of rotatable bonds is 1. The minimum Gasteiger partial charge on any atom is -0.411 e. The van der Waals surface area contributed by atoms with Gasteiger partial charge in [-0.2, -0.15) is 5.26 Å². The number of hydrogen-bond donors (Lipinski definition) is 1. The van der Waals surface area contributed by atoms with Crippen LogP contribution >= 0.6 is 0 Å². The topological polar surface area (TPSA) is 56.4 Å². The average molecular weight is 218 g/mol. The van der Waals surface area contributed by atoms with E-state index in [4.69, 9.17) is 10.5 Å². The highest BCUT2D eigenvalue weighted by Gasteiger charge is 2.24. The summed E-state index contributed by atoms with van der Waals surface area (Å²) < 4.78 is 13.2. The highest BCUT2D eigenvalue weighted by atomic mass is 19.1. The van der Waals surface area contributed by atoms with Gasteiger partial charge in [0.05, 0.1) is 11.8 Å². The predicted octanol–water partition coefficient (Wildman–Crippen LogP) is 2.80. The van der Waals surface area contributed by atoms with E-state index in [2.05, 4.69) is 11.2 Å². The Kier molecular flexibility index (Phi) is 2.86. The first-order valence-electron chi connectivity index (χ1n) is 5.14. The van der Waals surface area contributed by atoms with E-state index in [-0.39, 0.29) is 11.7 Å². The summed E-state index contributed by atoms with van der Waals surface area (Å²) in [5, 5.41) is 20.8. The molecule has 1 unspecified atom stereocenters. The van der Waals surface area contributed by atoms with Crippen molar-refractivity contribution in [3.8, 4) is 6.07 Å². The van der Waals surface area contributed by atoms with Gasteiger partial charge >= 0.3 is 0 Å². The van der Waals surface area contributed by atoms with Gasteiger partial charge < -0.3 is 5.21 Å². The molecular weight excluding hydrogens is 207 g/mol. The molecule has 4 heteroatoms. The van der Waals surface area contributed by atoms with Gasteiger partial charge in [0.2, 0.25) is 0 Å². The minimum absolute atomic E-state index is 0.0428. The lowest BCUT2D eigenvalue weighted by Gasteiger charge is -2.24. The zero-order valence-electron chi connectivity index (χ0n) is 8.65. The zero-order valence-corrected chi connectivity index (χ0v) is 8.65. The Morgan fingerprint density at radius 2 is 2.38 bits per heavy atom. The molecule has 1 atom stereocenters. The zero-order chi connectivity index (χ0) is 11.5. The van der Waals surface area contributed by atoms with Crippen LogP contribution in [0.3, 0.4) is 0 Å². The van der Waals surface area contributed by atoms with Crippen molar-refractivity contribution in [2.24, 2.45) is 5.16 Å². The first kappa shape index (κ1) is 10.6. The Labute approximate surface area is 92.8 Å². The first-order valence-corrected chi connectivity index (χ1v) is 5.14. The number of fused-ring (bicyclic) bond motifs is 1. The van der Waals surface area contributed by atoms with Crippen LogP contribution < -0.4 is 0 Å². The molecule has 0 heterocycles. The molecule has 1 aliphatic carbocycles. The van der Waals surface area contributed by atoms with Crippen LogP contribution in [0.4, 0.5) is 4.39 Å². The lowest BCUT2D eigenvalue weighted by atomic mass is 9.80. The quantitative estimate of drug-likeness (QED) is 0.582. The van der Waals surface area contributed by atoms with E-state index >= 15 is 0 Å². The van der Waals surface area contributed by atoms with E-state index in [1.54, 1.807) is 6.07 Å². The van der Waals surface area contributed by atoms with Crippen molar-refractivity contribution in [1.29, 1.82) is 5.26 Å². The van der Waals surface area contributed by atoms with E-state index in [0.717, 1.165) is 17.5 Å². The molecule has 0 fully saturated rings. The third-order valence-electron chi connectivity index (χ3n) is 2.95. The van der Waals surface area contributed by atoms with Crippen LogP contribution in [0, 0.1) is 17.1 Å². The molecule has 1 aromatic carbocycles. The maximum Gasteiger partial charge on any atom is 0.123 e. The molecule has 1 aromatic rings. The van der Waals surface area contributed by atoms with Crippen LogP contribution in [0.1, 0.15) is 36.3 Å². The molecule has 0 radical (unpaired) electrons. The Hall–Kier alpha value is -1.89. The lowest BCUT2D eigenvalue weighted by Crippen LogP contribution is -2.16. The number of nitriles is 1. The molecule has 3 nitrogen and oxygen atoms in total. The van der Waals surface area contributed by atoms with Gasteiger partial charge in [-0.3, -0.25) is 0 Å². The van der Waals surface area contributed by atoms with Crippen molar-refractivity contribution in [1.82, 2.24) is 0 Å². The number of benzene rings is 1. The highest BCUT2D eigenvalue weighted by molar-refractivity contribution is 6.02. The molecular formula is C12H11FN2O. The molecule has 0 bridgehead atoms. The van der Waals surface area contributed by atoms with Gasteiger partial charge in [-0.25, -0.2) is 4.39 Å². The van der Waals surface area contributed by atoms with Gasteiger partial charge in [-0.1, -0.05) is 5.16 Å². The molecule has 16 heavy (non-hydrogen) atoms. The number of nitrogens with zero attached hydrogens (tertiary/aromatic N) is 2. The predicted molar refractivity (Wildman–Crippen MR) is 56.9 cm³/mol. The van der Waals surface area contributed by atoms with Gasteiger partial charge in [0.1, 0.15) is 5.82 Å². The normalized spacial score (nSPS) is 21.5. The fourth-order valence-corrected chi connectivity index (χ4v) is 2.16. The Balaban J connectivity index is 2.50. The highest BCUT2D eigenvalue weighted by Crippen LogP contribution is 2.34. The Morgan fingerprint density at radius 3 is 3.06 bits per heavy atom. The number of hydrogen-bond acceptors (Lipinski definition) is 3. The first-order chi connectivity index (χ1) is 7.76. The molecule has 0 aliphatic heterocycles. The molecule has 0 aromatic heterocycles. The van der Waals surface area contributed by atoms with Crippen LogP contribution in [0.2, 0.25) is 0 Å². The minimum atomic E-state index is -0.319. The summed E-state index contributed by atoms with van der Waals surface area (Å²) in [7, 11) is 0. The second-order valence-corrected chi connectivity index (χ2v) is 3.88. The van der Waals surface area contributed by atoms with Gasteiger partial charge in [0.25, 0.3) is 0 Å². The number of oxime groups is 1. The monoisotopic (exact) mass is 218 g/mol. The second kappa shape index (κ2) is 4.31. The molecule has 0 spiro atoms. The molecule has 0 amide bonds. The largest absolute Gasteiger partial charge is 0.411 e. The van der Waals surface area contributed by atoms with Crippen molar-refractivity contribution in [3.63, 3.8) is 0 Å². The Bertz CT molecular complexity index is 476. The van der Waals surface area contributed by atoms with E-state index in [1.165, 1.54) is 12.1 Å². The van der Waals surface area contributed by atoms with Gasteiger partial charge in [-0.05, 0) is 42.5 Å². The van der Waals surface area contributed by atoms with Crippen LogP contribution in [0.25, 0.3) is 0 Å². The van der Waals surface area contributed by atoms with Gasteiger partial charge in [0.15, 0.2) is 0 Å². The van der Waals surface area contributed by atoms with Crippen molar-refractivity contribution in [2.75, 3.05) is 0 Å². The van der Waals surface area contributed by atoms with Crippen LogP contribution in [0.5, 0.6) is 0 Å². The molecule has 0 saturated heterocycles. The summed E-state index contributed by atoms with van der Waals surface area (Å²) in [4.78, 5) is 0. The second-order valence-electron chi connectivity index (χ2n) is 3.88. The lowest BCUT2D eigenvalue weighted by molar-refractivity contribution is 0.317. The molecule has 2 rings (SSSR count). The Morgan fingerprint density at radius 1 is 1.56 bits per heavy atom. The van der Waals surface area contributed by atoms with Gasteiger partial charge in [-0.15, -0.1) is 0 Å². The summed E-state index contributed by atoms with van der Waals surface area (Å²) in [5.74, 6) is -0.276. The average Bonchev–Trinajstić information content (AvgIpc) is 2.30. The maximum atomic E-state index is 13.2. The number of halogens is 1. The summed E-state index contributed by atoms with van der Waals surface area (Å²) >= 11 is 0. The van der Waals surface area contributed by atoms with Crippen molar-refractivity contribution < 1.29 is 9.60 Å². The third kappa shape index (κ3) is 1.76. The fraction of sp³-hybridized carbons (Fsp3) is 0.333.